The maximum absolute atomic E-state index is 3.43. The van der Waals surface area contributed by atoms with Crippen molar-refractivity contribution in [1.29, 1.82) is 0 Å². The molecule has 0 aliphatic rings. The minimum absolute atomic E-state index is 0.602. The van der Waals surface area contributed by atoms with Crippen molar-refractivity contribution in [2.24, 2.45) is 5.92 Å². The number of benzene rings is 1. The van der Waals surface area contributed by atoms with E-state index in [1.54, 1.807) is 0 Å². The van der Waals surface area contributed by atoms with Gasteiger partial charge in [-0.15, -0.1) is 11.8 Å². The standard InChI is InChI=1S/C16H27NS/c1-6-13(4)16(17-5)11-18-15-9-7-14(8-10-15)12(2)3/h7-10,12-13,16-17H,6,11H2,1-5H3. The van der Waals surface area contributed by atoms with Crippen molar-refractivity contribution < 1.29 is 0 Å². The molecule has 0 amide bonds. The van der Waals surface area contributed by atoms with E-state index in [1.807, 2.05) is 11.8 Å². The van der Waals surface area contributed by atoms with Crippen molar-refractivity contribution in [3.63, 3.8) is 0 Å². The molecule has 0 aromatic heterocycles. The summed E-state index contributed by atoms with van der Waals surface area (Å²) in [5, 5.41) is 3.43. The van der Waals surface area contributed by atoms with Crippen LogP contribution in [0, 0.1) is 5.92 Å². The summed E-state index contributed by atoms with van der Waals surface area (Å²) in [5.41, 5.74) is 1.42. The fourth-order valence-corrected chi connectivity index (χ4v) is 3.15. The Balaban J connectivity index is 2.52. The van der Waals surface area contributed by atoms with Gasteiger partial charge in [-0.2, -0.15) is 0 Å². The number of thioether (sulfide) groups is 1. The molecule has 1 aromatic rings. The molecule has 0 saturated carbocycles. The second-order valence-corrected chi connectivity index (χ2v) is 6.41. The van der Waals surface area contributed by atoms with Gasteiger partial charge >= 0.3 is 0 Å². The van der Waals surface area contributed by atoms with Gasteiger partial charge in [-0.3, -0.25) is 0 Å². The van der Waals surface area contributed by atoms with Crippen LogP contribution in [0.4, 0.5) is 0 Å². The molecule has 0 aliphatic heterocycles. The molecular formula is C16H27NS. The monoisotopic (exact) mass is 265 g/mol. The highest BCUT2D eigenvalue weighted by molar-refractivity contribution is 7.99. The highest BCUT2D eigenvalue weighted by atomic mass is 32.2. The highest BCUT2D eigenvalue weighted by Gasteiger charge is 2.13. The predicted octanol–water partition coefficient (Wildman–Crippen LogP) is 4.54. The van der Waals surface area contributed by atoms with Crippen molar-refractivity contribution in [1.82, 2.24) is 5.32 Å². The van der Waals surface area contributed by atoms with E-state index in [1.165, 1.54) is 16.9 Å². The lowest BCUT2D eigenvalue weighted by Gasteiger charge is -2.22. The first-order chi connectivity index (χ1) is 8.58. The van der Waals surface area contributed by atoms with Gasteiger partial charge < -0.3 is 5.32 Å². The first-order valence-corrected chi connectivity index (χ1v) is 7.97. The van der Waals surface area contributed by atoms with Crippen LogP contribution in [0.2, 0.25) is 0 Å². The number of hydrogen-bond acceptors (Lipinski definition) is 2. The molecule has 0 radical (unpaired) electrons. The number of rotatable bonds is 7. The normalized spacial score (nSPS) is 14.8. The molecule has 0 fully saturated rings. The first-order valence-electron chi connectivity index (χ1n) is 6.98. The van der Waals surface area contributed by atoms with Crippen molar-refractivity contribution in [2.45, 2.75) is 51.0 Å². The van der Waals surface area contributed by atoms with Gasteiger partial charge in [-0.1, -0.05) is 46.2 Å². The van der Waals surface area contributed by atoms with E-state index in [9.17, 15) is 0 Å². The van der Waals surface area contributed by atoms with E-state index in [0.29, 0.717) is 12.0 Å². The van der Waals surface area contributed by atoms with Gasteiger partial charge in [-0.25, -0.2) is 0 Å². The predicted molar refractivity (Wildman–Crippen MR) is 83.6 cm³/mol. The smallest absolute Gasteiger partial charge is 0.0184 e. The molecule has 1 N–H and O–H groups in total. The van der Waals surface area contributed by atoms with Crippen LogP contribution in [0.1, 0.15) is 45.6 Å². The summed E-state index contributed by atoms with van der Waals surface area (Å²) in [4.78, 5) is 1.38. The zero-order valence-electron chi connectivity index (χ0n) is 12.4. The van der Waals surface area contributed by atoms with Crippen molar-refractivity contribution in [3.8, 4) is 0 Å². The van der Waals surface area contributed by atoms with E-state index in [2.05, 4.69) is 64.3 Å². The van der Waals surface area contributed by atoms with Gasteiger partial charge in [0, 0.05) is 16.7 Å². The van der Waals surface area contributed by atoms with Crippen molar-refractivity contribution >= 4 is 11.8 Å². The SMILES string of the molecule is CCC(C)C(CSc1ccc(C(C)C)cc1)NC. The lowest BCUT2D eigenvalue weighted by Crippen LogP contribution is -2.34. The Bertz CT molecular complexity index is 331. The Morgan fingerprint density at radius 1 is 1.11 bits per heavy atom. The topological polar surface area (TPSA) is 12.0 Å². The fraction of sp³-hybridized carbons (Fsp3) is 0.625. The van der Waals surface area contributed by atoms with E-state index in [4.69, 9.17) is 0 Å². The molecule has 2 atom stereocenters. The summed E-state index contributed by atoms with van der Waals surface area (Å²) in [6, 6.07) is 9.62. The van der Waals surface area contributed by atoms with E-state index in [0.717, 1.165) is 11.7 Å². The molecule has 1 nitrogen and oxygen atoms in total. The molecule has 2 heteroatoms. The minimum Gasteiger partial charge on any atom is -0.316 e. The average molecular weight is 265 g/mol. The lowest BCUT2D eigenvalue weighted by atomic mass is 10.0. The van der Waals surface area contributed by atoms with E-state index in [-0.39, 0.29) is 0 Å². The van der Waals surface area contributed by atoms with Crippen molar-refractivity contribution in [3.05, 3.63) is 29.8 Å². The van der Waals surface area contributed by atoms with Crippen LogP contribution in [0.25, 0.3) is 0 Å². The Morgan fingerprint density at radius 3 is 2.17 bits per heavy atom. The van der Waals surface area contributed by atoms with Crippen molar-refractivity contribution in [2.75, 3.05) is 12.8 Å². The third-order valence-corrected chi connectivity index (χ3v) is 4.81. The molecule has 0 heterocycles. The van der Waals surface area contributed by atoms with Gasteiger partial charge in [0.1, 0.15) is 0 Å². The molecule has 0 aliphatic carbocycles. The Morgan fingerprint density at radius 2 is 1.72 bits per heavy atom. The van der Waals surface area contributed by atoms with Gasteiger partial charge in [0.25, 0.3) is 0 Å². The van der Waals surface area contributed by atoms with Crippen LogP contribution in [-0.2, 0) is 0 Å². The maximum Gasteiger partial charge on any atom is 0.0184 e. The summed E-state index contributed by atoms with van der Waals surface area (Å²) < 4.78 is 0. The zero-order chi connectivity index (χ0) is 13.5. The third-order valence-electron chi connectivity index (χ3n) is 3.68. The second kappa shape index (κ2) is 7.85. The molecule has 1 rings (SSSR count). The average Bonchev–Trinajstić information content (AvgIpc) is 2.39. The summed E-state index contributed by atoms with van der Waals surface area (Å²) in [7, 11) is 2.07. The van der Waals surface area contributed by atoms with Crippen LogP contribution < -0.4 is 5.32 Å². The van der Waals surface area contributed by atoms with Gasteiger partial charge in [0.15, 0.2) is 0 Å². The fourth-order valence-electron chi connectivity index (χ4n) is 1.95. The summed E-state index contributed by atoms with van der Waals surface area (Å²) in [5.74, 6) is 2.50. The third kappa shape index (κ3) is 4.66. The summed E-state index contributed by atoms with van der Waals surface area (Å²) in [6.07, 6.45) is 1.23. The van der Waals surface area contributed by atoms with Gasteiger partial charge in [0.05, 0.1) is 0 Å². The number of hydrogen-bond donors (Lipinski definition) is 1. The highest BCUT2D eigenvalue weighted by Crippen LogP contribution is 2.24. The van der Waals surface area contributed by atoms with Crippen LogP contribution in [0.15, 0.2) is 29.2 Å². The summed E-state index contributed by atoms with van der Waals surface area (Å²) >= 11 is 1.95. The Hall–Kier alpha value is -0.470. The Kier molecular flexibility index (Phi) is 6.80. The minimum atomic E-state index is 0.602. The lowest BCUT2D eigenvalue weighted by molar-refractivity contribution is 0.420. The van der Waals surface area contributed by atoms with Gasteiger partial charge in [-0.05, 0) is 36.6 Å². The van der Waals surface area contributed by atoms with E-state index >= 15 is 0 Å². The molecule has 0 saturated heterocycles. The molecule has 1 aromatic carbocycles. The molecule has 2 unspecified atom stereocenters. The van der Waals surface area contributed by atoms with Crippen LogP contribution in [0.5, 0.6) is 0 Å². The van der Waals surface area contributed by atoms with E-state index < -0.39 is 0 Å². The zero-order valence-corrected chi connectivity index (χ0v) is 13.2. The van der Waals surface area contributed by atoms with Crippen LogP contribution >= 0.6 is 11.8 Å². The van der Waals surface area contributed by atoms with Crippen LogP contribution in [-0.4, -0.2) is 18.8 Å². The quantitative estimate of drug-likeness (QED) is 0.727. The Labute approximate surface area is 117 Å². The second-order valence-electron chi connectivity index (χ2n) is 5.32. The molecule has 18 heavy (non-hydrogen) atoms. The largest absolute Gasteiger partial charge is 0.316 e. The van der Waals surface area contributed by atoms with Gasteiger partial charge in [0.2, 0.25) is 0 Å². The number of nitrogens with one attached hydrogen (secondary N) is 1. The first kappa shape index (κ1) is 15.6. The molecule has 0 spiro atoms. The summed E-state index contributed by atoms with van der Waals surface area (Å²) in [6.45, 7) is 9.06. The van der Waals surface area contributed by atoms with Crippen LogP contribution in [0.3, 0.4) is 0 Å². The maximum atomic E-state index is 3.43. The molecule has 0 bridgehead atoms. The molecular weight excluding hydrogens is 238 g/mol. The molecule has 102 valence electrons.